The minimum absolute atomic E-state index is 0.146. The Morgan fingerprint density at radius 1 is 1.23 bits per heavy atom. The number of urea groups is 1. The first-order chi connectivity index (χ1) is 14.2. The summed E-state index contributed by atoms with van der Waals surface area (Å²) < 4.78 is 10.6. The van der Waals surface area contributed by atoms with E-state index in [9.17, 15) is 14.4 Å². The second-order valence-electron chi connectivity index (χ2n) is 9.14. The van der Waals surface area contributed by atoms with Gasteiger partial charge in [0.05, 0.1) is 0 Å². The molecule has 1 aromatic rings. The first-order valence-electron chi connectivity index (χ1n) is 10.6. The lowest BCUT2D eigenvalue weighted by molar-refractivity contribution is -0.135. The molecule has 1 saturated carbocycles. The summed E-state index contributed by atoms with van der Waals surface area (Å²) in [5.74, 6) is 0.969. The number of carbonyl (C=O) groups excluding carboxylic acids is 3. The highest BCUT2D eigenvalue weighted by atomic mass is 16.7. The normalized spacial score (nSPS) is 25.6. The van der Waals surface area contributed by atoms with Crippen molar-refractivity contribution < 1.29 is 23.9 Å². The topological polar surface area (TPSA) is 97.0 Å². The van der Waals surface area contributed by atoms with Crippen LogP contribution in [0.1, 0.15) is 52.9 Å². The first-order valence-corrected chi connectivity index (χ1v) is 10.6. The molecular weight excluding hydrogens is 386 g/mol. The molecule has 0 radical (unpaired) electrons. The van der Waals surface area contributed by atoms with Gasteiger partial charge in [-0.05, 0) is 49.1 Å². The van der Waals surface area contributed by atoms with Gasteiger partial charge in [0.2, 0.25) is 12.7 Å². The lowest BCUT2D eigenvalue weighted by Crippen LogP contribution is -2.51. The fourth-order valence-electron chi connectivity index (χ4n) is 4.66. The number of anilines is 1. The molecule has 0 bridgehead atoms. The summed E-state index contributed by atoms with van der Waals surface area (Å²) in [6.07, 6.45) is 4.10. The third kappa shape index (κ3) is 3.59. The predicted molar refractivity (Wildman–Crippen MR) is 110 cm³/mol. The Morgan fingerprint density at radius 3 is 2.63 bits per heavy atom. The Hall–Kier alpha value is -2.77. The molecule has 4 rings (SSSR count). The molecule has 2 aliphatic heterocycles. The third-order valence-corrected chi connectivity index (χ3v) is 7.06. The number of rotatable bonds is 5. The Kier molecular flexibility index (Phi) is 5.11. The van der Waals surface area contributed by atoms with E-state index in [1.54, 1.807) is 18.2 Å². The lowest BCUT2D eigenvalue weighted by Gasteiger charge is -2.42. The molecule has 8 nitrogen and oxygen atoms in total. The van der Waals surface area contributed by atoms with E-state index in [4.69, 9.17) is 9.47 Å². The summed E-state index contributed by atoms with van der Waals surface area (Å²) in [6.45, 7) is 6.54. The quantitative estimate of drug-likeness (QED) is 0.720. The Morgan fingerprint density at radius 2 is 1.93 bits per heavy atom. The number of benzene rings is 1. The van der Waals surface area contributed by atoms with Crippen LogP contribution in [-0.4, -0.2) is 41.6 Å². The van der Waals surface area contributed by atoms with Gasteiger partial charge in [0.1, 0.15) is 12.1 Å². The van der Waals surface area contributed by atoms with Crippen molar-refractivity contribution in [2.24, 2.45) is 11.3 Å². The van der Waals surface area contributed by atoms with Crippen LogP contribution in [0.3, 0.4) is 0 Å². The van der Waals surface area contributed by atoms with E-state index in [-0.39, 0.29) is 24.7 Å². The largest absolute Gasteiger partial charge is 0.454 e. The van der Waals surface area contributed by atoms with Crippen LogP contribution in [0.4, 0.5) is 10.5 Å². The third-order valence-electron chi connectivity index (χ3n) is 7.06. The monoisotopic (exact) mass is 415 g/mol. The van der Waals surface area contributed by atoms with E-state index >= 15 is 0 Å². The summed E-state index contributed by atoms with van der Waals surface area (Å²) in [5.41, 5.74) is -0.123. The second-order valence-corrected chi connectivity index (χ2v) is 9.14. The molecule has 162 valence electrons. The van der Waals surface area contributed by atoms with E-state index in [2.05, 4.69) is 31.4 Å². The standard InChI is InChI=1S/C22H29N3O5/c1-4-21(2,3)14-7-9-22(10-8-14)19(27)25(20(28)24-22)12-18(26)23-15-5-6-16-17(11-15)30-13-29-16/h5-6,11,14H,4,7-10,12-13H2,1-3H3,(H,23,26)(H,24,28). The SMILES string of the molecule is CCC(C)(C)C1CCC2(CC1)NC(=O)N(CC(=O)Nc1ccc3c(c1)OCO3)C2=O. The highest BCUT2D eigenvalue weighted by molar-refractivity contribution is 6.10. The molecule has 4 amide bonds. The Bertz CT molecular complexity index is 874. The van der Waals surface area contributed by atoms with Gasteiger partial charge in [0.25, 0.3) is 5.91 Å². The zero-order valence-corrected chi connectivity index (χ0v) is 17.7. The minimum Gasteiger partial charge on any atom is -0.454 e. The number of fused-ring (bicyclic) bond motifs is 1. The van der Waals surface area contributed by atoms with Gasteiger partial charge in [-0.25, -0.2) is 4.79 Å². The molecule has 3 aliphatic rings. The minimum atomic E-state index is -0.865. The highest BCUT2D eigenvalue weighted by Crippen LogP contribution is 2.45. The van der Waals surface area contributed by atoms with Crippen molar-refractivity contribution in [1.82, 2.24) is 10.2 Å². The van der Waals surface area contributed by atoms with Gasteiger partial charge < -0.3 is 20.1 Å². The summed E-state index contributed by atoms with van der Waals surface area (Å²) in [4.78, 5) is 39.1. The number of hydrogen-bond donors (Lipinski definition) is 2. The van der Waals surface area contributed by atoms with Gasteiger partial charge in [0.15, 0.2) is 11.5 Å². The van der Waals surface area contributed by atoms with Crippen LogP contribution in [-0.2, 0) is 9.59 Å². The van der Waals surface area contributed by atoms with Crippen LogP contribution in [0.25, 0.3) is 0 Å². The van der Waals surface area contributed by atoms with Crippen molar-refractivity contribution >= 4 is 23.5 Å². The fraction of sp³-hybridized carbons (Fsp3) is 0.591. The summed E-state index contributed by atoms with van der Waals surface area (Å²) in [7, 11) is 0. The number of carbonyl (C=O) groups is 3. The van der Waals surface area contributed by atoms with Crippen LogP contribution >= 0.6 is 0 Å². The van der Waals surface area contributed by atoms with Gasteiger partial charge >= 0.3 is 6.03 Å². The molecule has 30 heavy (non-hydrogen) atoms. The van der Waals surface area contributed by atoms with E-state index in [0.717, 1.165) is 24.2 Å². The lowest BCUT2D eigenvalue weighted by atomic mass is 9.65. The summed E-state index contributed by atoms with van der Waals surface area (Å²) >= 11 is 0. The molecule has 0 unspecified atom stereocenters. The van der Waals surface area contributed by atoms with Gasteiger partial charge in [0, 0.05) is 11.8 Å². The number of nitrogens with one attached hydrogen (secondary N) is 2. The van der Waals surface area contributed by atoms with Crippen molar-refractivity contribution in [2.75, 3.05) is 18.7 Å². The molecule has 0 aromatic heterocycles. The highest BCUT2D eigenvalue weighted by Gasteiger charge is 2.53. The van der Waals surface area contributed by atoms with E-state index in [0.29, 0.717) is 35.9 Å². The van der Waals surface area contributed by atoms with Crippen LogP contribution < -0.4 is 20.1 Å². The maximum absolute atomic E-state index is 13.1. The van der Waals surface area contributed by atoms with Gasteiger partial charge in [-0.1, -0.05) is 27.2 Å². The van der Waals surface area contributed by atoms with Crippen LogP contribution in [0.15, 0.2) is 18.2 Å². The molecule has 8 heteroatoms. The van der Waals surface area contributed by atoms with Gasteiger partial charge in [-0.2, -0.15) is 0 Å². The molecule has 1 aromatic carbocycles. The average Bonchev–Trinajstić information content (AvgIpc) is 3.27. The smallest absolute Gasteiger partial charge is 0.325 e. The molecule has 1 spiro atoms. The number of nitrogens with zero attached hydrogens (tertiary/aromatic N) is 1. The van der Waals surface area contributed by atoms with Crippen LogP contribution in [0.5, 0.6) is 11.5 Å². The van der Waals surface area contributed by atoms with Crippen molar-refractivity contribution in [3.8, 4) is 11.5 Å². The van der Waals surface area contributed by atoms with E-state index < -0.39 is 17.5 Å². The van der Waals surface area contributed by atoms with E-state index in [1.807, 2.05) is 0 Å². The summed E-state index contributed by atoms with van der Waals surface area (Å²) in [6, 6.07) is 4.56. The second kappa shape index (κ2) is 7.49. The number of amides is 4. The average molecular weight is 415 g/mol. The van der Waals surface area contributed by atoms with Gasteiger partial charge in [-0.15, -0.1) is 0 Å². The summed E-state index contributed by atoms with van der Waals surface area (Å²) in [5, 5.41) is 5.60. The van der Waals surface area contributed by atoms with Crippen molar-refractivity contribution in [3.05, 3.63) is 18.2 Å². The molecule has 2 heterocycles. The fourth-order valence-corrected chi connectivity index (χ4v) is 4.66. The zero-order valence-electron chi connectivity index (χ0n) is 17.7. The molecule has 1 aliphatic carbocycles. The van der Waals surface area contributed by atoms with Crippen molar-refractivity contribution in [3.63, 3.8) is 0 Å². The molecule has 2 N–H and O–H groups in total. The zero-order chi connectivity index (χ0) is 21.5. The van der Waals surface area contributed by atoms with Crippen LogP contribution in [0.2, 0.25) is 0 Å². The molecule has 2 fully saturated rings. The number of ether oxygens (including phenoxy) is 2. The molecule has 1 saturated heterocycles. The van der Waals surface area contributed by atoms with Crippen LogP contribution in [0, 0.1) is 11.3 Å². The first kappa shape index (κ1) is 20.5. The maximum atomic E-state index is 13.1. The van der Waals surface area contributed by atoms with Gasteiger partial charge in [-0.3, -0.25) is 14.5 Å². The number of hydrogen-bond acceptors (Lipinski definition) is 5. The Balaban J connectivity index is 1.38. The molecule has 0 atom stereocenters. The molecular formula is C22H29N3O5. The van der Waals surface area contributed by atoms with E-state index in [1.165, 1.54) is 0 Å². The Labute approximate surface area is 176 Å². The maximum Gasteiger partial charge on any atom is 0.325 e. The predicted octanol–water partition coefficient (Wildman–Crippen LogP) is 3.27. The van der Waals surface area contributed by atoms with Crippen molar-refractivity contribution in [1.29, 1.82) is 0 Å². The van der Waals surface area contributed by atoms with Crippen molar-refractivity contribution in [2.45, 2.75) is 58.4 Å². The number of imide groups is 1.